The van der Waals surface area contributed by atoms with E-state index in [1.807, 2.05) is 0 Å². The summed E-state index contributed by atoms with van der Waals surface area (Å²) in [5.41, 5.74) is 0. The molecule has 22 heavy (non-hydrogen) atoms. The second-order valence-corrected chi connectivity index (χ2v) is 7.82. The van der Waals surface area contributed by atoms with Crippen LogP contribution in [0.5, 0.6) is 0 Å². The minimum absolute atomic E-state index is 0. The van der Waals surface area contributed by atoms with Crippen molar-refractivity contribution in [2.24, 2.45) is 0 Å². The van der Waals surface area contributed by atoms with Gasteiger partial charge in [0.15, 0.2) is 0 Å². The van der Waals surface area contributed by atoms with Crippen molar-refractivity contribution in [3.8, 4) is 0 Å². The van der Waals surface area contributed by atoms with E-state index < -0.39 is 21.5 Å². The monoisotopic (exact) mass is 344 g/mol. The summed E-state index contributed by atoms with van der Waals surface area (Å²) in [7, 11) is -4.28. The summed E-state index contributed by atoms with van der Waals surface area (Å²) in [6, 6.07) is 0. The number of aliphatic hydroxyl groups excluding tert-OH is 1. The summed E-state index contributed by atoms with van der Waals surface area (Å²) < 4.78 is 33.3. The molecule has 128 valence electrons. The molecule has 0 saturated carbocycles. The first-order chi connectivity index (χ1) is 9.88. The molecular weight excluding hydrogens is 311 g/mol. The smallest absolute Gasteiger partial charge is 0.748 e. The van der Waals surface area contributed by atoms with Gasteiger partial charge in [-0.25, -0.2) is 8.42 Å². The van der Waals surface area contributed by atoms with Crippen molar-refractivity contribution >= 4 is 10.1 Å². The third-order valence-corrected chi connectivity index (χ3v) is 5.14. The molecule has 0 aliphatic carbocycles. The molecule has 0 spiro atoms. The van der Waals surface area contributed by atoms with Crippen LogP contribution in [0.3, 0.4) is 0 Å². The van der Waals surface area contributed by atoms with Crippen LogP contribution in [0.25, 0.3) is 0 Å². The molecule has 0 rings (SSSR count). The van der Waals surface area contributed by atoms with Crippen molar-refractivity contribution in [1.82, 2.24) is 0 Å². The Morgan fingerprint density at radius 1 is 0.909 bits per heavy atom. The summed E-state index contributed by atoms with van der Waals surface area (Å²) in [6.45, 7) is 3.74. The molecule has 2 unspecified atom stereocenters. The number of rotatable bonds is 14. The van der Waals surface area contributed by atoms with Gasteiger partial charge in [-0.3, -0.25) is 0 Å². The van der Waals surface area contributed by atoms with Crippen molar-refractivity contribution in [3.63, 3.8) is 0 Å². The average Bonchev–Trinajstić information content (AvgIpc) is 2.38. The molecule has 0 bridgehead atoms. The van der Waals surface area contributed by atoms with Gasteiger partial charge in [0.05, 0.1) is 21.5 Å². The second kappa shape index (κ2) is 15.4. The van der Waals surface area contributed by atoms with Crippen molar-refractivity contribution < 1.29 is 47.6 Å². The fraction of sp³-hybridized carbons (Fsp3) is 1.00. The van der Waals surface area contributed by atoms with Gasteiger partial charge in [-0.2, -0.15) is 0 Å². The van der Waals surface area contributed by atoms with Crippen LogP contribution >= 0.6 is 0 Å². The van der Waals surface area contributed by atoms with Gasteiger partial charge in [-0.05, 0) is 19.8 Å². The average molecular weight is 344 g/mol. The molecule has 0 aromatic rings. The third-order valence-electron chi connectivity index (χ3n) is 3.89. The largest absolute Gasteiger partial charge is 1.00 e. The summed E-state index contributed by atoms with van der Waals surface area (Å²) >= 11 is 0. The fourth-order valence-corrected chi connectivity index (χ4v) is 3.59. The minimum Gasteiger partial charge on any atom is -0.748 e. The molecule has 2 atom stereocenters. The Morgan fingerprint density at radius 3 is 1.68 bits per heavy atom. The molecule has 0 amide bonds. The van der Waals surface area contributed by atoms with Crippen LogP contribution in [0, 0.1) is 0 Å². The first-order valence-electron chi connectivity index (χ1n) is 8.50. The van der Waals surface area contributed by atoms with E-state index in [2.05, 4.69) is 6.92 Å². The van der Waals surface area contributed by atoms with E-state index in [1.165, 1.54) is 51.9 Å². The van der Waals surface area contributed by atoms with E-state index in [1.54, 1.807) is 0 Å². The SMILES string of the molecule is CCCCCCCCCCCCC(CC(C)O)S(=O)(=O)[O-].[Na+]. The maximum absolute atomic E-state index is 11.1. The van der Waals surface area contributed by atoms with Crippen LogP contribution in [-0.4, -0.2) is 29.4 Å². The van der Waals surface area contributed by atoms with E-state index in [0.29, 0.717) is 6.42 Å². The third kappa shape index (κ3) is 15.8. The molecule has 0 fully saturated rings. The number of unbranched alkanes of at least 4 members (excludes halogenated alkanes) is 9. The zero-order valence-electron chi connectivity index (χ0n) is 14.7. The molecule has 0 aromatic carbocycles. The van der Waals surface area contributed by atoms with Gasteiger partial charge >= 0.3 is 29.6 Å². The normalized spacial score (nSPS) is 14.4. The fourth-order valence-electron chi connectivity index (χ4n) is 2.62. The molecular formula is C16H33NaO4S. The Bertz CT molecular complexity index is 331. The molecule has 0 aromatic heterocycles. The zero-order chi connectivity index (χ0) is 16.1. The van der Waals surface area contributed by atoms with Crippen LogP contribution < -0.4 is 29.6 Å². The molecule has 0 saturated heterocycles. The van der Waals surface area contributed by atoms with Crippen molar-refractivity contribution in [2.45, 2.75) is 102 Å². The molecule has 1 N–H and O–H groups in total. The van der Waals surface area contributed by atoms with E-state index in [4.69, 9.17) is 0 Å². The summed E-state index contributed by atoms with van der Waals surface area (Å²) in [6.07, 6.45) is 11.5. The quantitative estimate of drug-likeness (QED) is 0.290. The summed E-state index contributed by atoms with van der Waals surface area (Å²) in [4.78, 5) is 0. The predicted molar refractivity (Wildman–Crippen MR) is 86.2 cm³/mol. The van der Waals surface area contributed by atoms with E-state index in [-0.39, 0.29) is 36.0 Å². The van der Waals surface area contributed by atoms with Gasteiger partial charge < -0.3 is 9.66 Å². The number of hydrogen-bond acceptors (Lipinski definition) is 4. The van der Waals surface area contributed by atoms with E-state index in [9.17, 15) is 18.1 Å². The Balaban J connectivity index is 0. The van der Waals surface area contributed by atoms with Gasteiger partial charge in [-0.1, -0.05) is 71.1 Å². The van der Waals surface area contributed by atoms with Crippen molar-refractivity contribution in [1.29, 1.82) is 0 Å². The molecule has 0 heterocycles. The maximum atomic E-state index is 11.1. The van der Waals surface area contributed by atoms with Crippen LogP contribution in [0.2, 0.25) is 0 Å². The van der Waals surface area contributed by atoms with Gasteiger partial charge in [0.2, 0.25) is 0 Å². The molecule has 0 radical (unpaired) electrons. The van der Waals surface area contributed by atoms with Crippen LogP contribution in [-0.2, 0) is 10.1 Å². The first-order valence-corrected chi connectivity index (χ1v) is 9.97. The van der Waals surface area contributed by atoms with Gasteiger partial charge in [0.25, 0.3) is 0 Å². The van der Waals surface area contributed by atoms with Crippen LogP contribution in [0.4, 0.5) is 0 Å². The summed E-state index contributed by atoms with van der Waals surface area (Å²) in [5, 5.41) is 8.32. The Kier molecular flexibility index (Phi) is 17.6. The van der Waals surface area contributed by atoms with Gasteiger partial charge in [0, 0.05) is 0 Å². The topological polar surface area (TPSA) is 77.4 Å². The number of hydrogen-bond donors (Lipinski definition) is 1. The molecule has 6 heteroatoms. The van der Waals surface area contributed by atoms with Gasteiger partial charge in [-0.15, -0.1) is 0 Å². The number of aliphatic hydroxyl groups is 1. The maximum Gasteiger partial charge on any atom is 1.00 e. The molecule has 0 aliphatic heterocycles. The van der Waals surface area contributed by atoms with Crippen LogP contribution in [0.15, 0.2) is 0 Å². The second-order valence-electron chi connectivity index (χ2n) is 6.17. The van der Waals surface area contributed by atoms with Crippen molar-refractivity contribution in [3.05, 3.63) is 0 Å². The van der Waals surface area contributed by atoms with Gasteiger partial charge in [0.1, 0.15) is 0 Å². The van der Waals surface area contributed by atoms with E-state index >= 15 is 0 Å². The standard InChI is InChI=1S/C16H34O4S.Na/c1-3-4-5-6-7-8-9-10-11-12-13-16(14-15(2)17)21(18,19)20;/h15-17H,3-14H2,1-2H3,(H,18,19,20);/q;+1/p-1. The Labute approximate surface area is 159 Å². The Hall–Kier alpha value is 0.870. The summed E-state index contributed by atoms with van der Waals surface area (Å²) in [5.74, 6) is 0. The van der Waals surface area contributed by atoms with E-state index in [0.717, 1.165) is 19.3 Å². The molecule has 4 nitrogen and oxygen atoms in total. The minimum atomic E-state index is -4.28. The molecule has 0 aliphatic rings. The Morgan fingerprint density at radius 2 is 1.32 bits per heavy atom. The van der Waals surface area contributed by atoms with Crippen LogP contribution in [0.1, 0.15) is 90.9 Å². The van der Waals surface area contributed by atoms with Crippen molar-refractivity contribution in [2.75, 3.05) is 0 Å². The zero-order valence-corrected chi connectivity index (χ0v) is 17.5. The first kappa shape index (κ1) is 25.1. The predicted octanol–water partition coefficient (Wildman–Crippen LogP) is 0.986.